The summed E-state index contributed by atoms with van der Waals surface area (Å²) in [5.41, 5.74) is 4.39. The van der Waals surface area contributed by atoms with Crippen molar-refractivity contribution in [2.24, 2.45) is 0 Å². The molecule has 0 aromatic heterocycles. The average molecular weight is 365 g/mol. The van der Waals surface area contributed by atoms with Gasteiger partial charge in [-0.2, -0.15) is 0 Å². The van der Waals surface area contributed by atoms with E-state index < -0.39 is 0 Å². The summed E-state index contributed by atoms with van der Waals surface area (Å²) in [7, 11) is 1.62. The molecule has 4 nitrogen and oxygen atoms in total. The Hall–Kier alpha value is -2.62. The Balaban J connectivity index is 1.51. The normalized spacial score (nSPS) is 14.1. The zero-order valence-corrected chi connectivity index (χ0v) is 16.1. The van der Waals surface area contributed by atoms with Crippen LogP contribution in [0.1, 0.15) is 65.7 Å². The number of ether oxygens (including phenoxy) is 1. The molecule has 2 aromatic rings. The van der Waals surface area contributed by atoms with Crippen molar-refractivity contribution in [1.82, 2.24) is 5.32 Å². The van der Waals surface area contributed by atoms with Crippen LogP contribution in [0.2, 0.25) is 0 Å². The molecule has 0 saturated heterocycles. The van der Waals surface area contributed by atoms with Gasteiger partial charge in [0.2, 0.25) is 5.91 Å². The van der Waals surface area contributed by atoms with Crippen LogP contribution in [0.5, 0.6) is 5.75 Å². The van der Waals surface area contributed by atoms with Crippen LogP contribution in [-0.4, -0.2) is 18.8 Å². The number of hydrogen-bond donors (Lipinski definition) is 1. The molecule has 0 aliphatic heterocycles. The maximum absolute atomic E-state index is 12.5. The Bertz CT molecular complexity index is 811. The van der Waals surface area contributed by atoms with E-state index in [1.807, 2.05) is 43.3 Å². The lowest BCUT2D eigenvalue weighted by Crippen LogP contribution is -2.27. The Kier molecular flexibility index (Phi) is 6.28. The Morgan fingerprint density at radius 3 is 2.41 bits per heavy atom. The van der Waals surface area contributed by atoms with E-state index in [1.54, 1.807) is 7.11 Å². The van der Waals surface area contributed by atoms with E-state index in [2.05, 4.69) is 11.4 Å². The van der Waals surface area contributed by atoms with Gasteiger partial charge in [0.15, 0.2) is 5.78 Å². The number of methoxy groups -OCH3 is 1. The summed E-state index contributed by atoms with van der Waals surface area (Å²) < 4.78 is 5.15. The van der Waals surface area contributed by atoms with Gasteiger partial charge in [-0.3, -0.25) is 9.59 Å². The topological polar surface area (TPSA) is 55.4 Å². The average Bonchev–Trinajstić information content (AvgIpc) is 2.71. The summed E-state index contributed by atoms with van der Waals surface area (Å²) in [5, 5.41) is 2.96. The Morgan fingerprint density at radius 1 is 1.00 bits per heavy atom. The van der Waals surface area contributed by atoms with Gasteiger partial charge in [0.05, 0.1) is 13.2 Å². The Morgan fingerprint density at radius 2 is 1.70 bits per heavy atom. The fraction of sp³-hybridized carbons (Fsp3) is 0.391. The first-order valence-corrected chi connectivity index (χ1v) is 9.65. The first kappa shape index (κ1) is 19.2. The molecule has 4 heteroatoms. The molecular formula is C23H27NO3. The molecule has 142 valence electrons. The third-order valence-electron chi connectivity index (χ3n) is 5.24. The van der Waals surface area contributed by atoms with Gasteiger partial charge in [0.25, 0.3) is 0 Å². The molecule has 0 heterocycles. The predicted molar refractivity (Wildman–Crippen MR) is 106 cm³/mol. The number of carbonyl (C=O) groups excluding carboxylic acids is 2. The summed E-state index contributed by atoms with van der Waals surface area (Å²) in [5.74, 6) is 0.716. The number of ketones is 1. The molecule has 0 spiro atoms. The Labute approximate surface area is 160 Å². The molecule has 1 amide bonds. The molecule has 3 rings (SSSR count). The lowest BCUT2D eigenvalue weighted by atomic mass is 9.89. The second-order valence-corrected chi connectivity index (χ2v) is 7.18. The molecule has 27 heavy (non-hydrogen) atoms. The van der Waals surface area contributed by atoms with Crippen LogP contribution in [0, 0.1) is 0 Å². The van der Waals surface area contributed by atoms with Crippen molar-refractivity contribution in [3.05, 3.63) is 64.7 Å². The maximum Gasteiger partial charge on any atom is 0.220 e. The number of aryl methyl sites for hydroxylation is 2. The van der Waals surface area contributed by atoms with Gasteiger partial charge < -0.3 is 10.1 Å². The van der Waals surface area contributed by atoms with Gasteiger partial charge in [-0.25, -0.2) is 0 Å². The number of fused-ring (bicyclic) bond motifs is 1. The van der Waals surface area contributed by atoms with Crippen molar-refractivity contribution >= 4 is 11.7 Å². The van der Waals surface area contributed by atoms with E-state index in [-0.39, 0.29) is 30.6 Å². The quantitative estimate of drug-likeness (QED) is 0.739. The number of Topliss-reactive ketones (excluding diaryl/α,β-unsaturated/α-hetero) is 1. The zero-order valence-electron chi connectivity index (χ0n) is 16.1. The van der Waals surface area contributed by atoms with Gasteiger partial charge in [-0.05, 0) is 67.5 Å². The van der Waals surface area contributed by atoms with E-state index >= 15 is 0 Å². The highest BCUT2D eigenvalue weighted by atomic mass is 16.5. The molecule has 0 radical (unpaired) electrons. The fourth-order valence-corrected chi connectivity index (χ4v) is 3.57. The van der Waals surface area contributed by atoms with Gasteiger partial charge >= 0.3 is 0 Å². The summed E-state index contributed by atoms with van der Waals surface area (Å²) in [4.78, 5) is 24.7. The molecule has 1 unspecified atom stereocenters. The third-order valence-corrected chi connectivity index (χ3v) is 5.24. The van der Waals surface area contributed by atoms with Crippen LogP contribution in [0.25, 0.3) is 0 Å². The van der Waals surface area contributed by atoms with Gasteiger partial charge in [-0.15, -0.1) is 0 Å². The van der Waals surface area contributed by atoms with Crippen LogP contribution in [0.4, 0.5) is 0 Å². The number of benzene rings is 2. The van der Waals surface area contributed by atoms with Crippen molar-refractivity contribution in [3.8, 4) is 5.75 Å². The van der Waals surface area contributed by atoms with Crippen LogP contribution in [-0.2, 0) is 17.6 Å². The molecule has 1 N–H and O–H groups in total. The van der Waals surface area contributed by atoms with E-state index in [4.69, 9.17) is 4.74 Å². The number of carbonyl (C=O) groups is 2. The highest BCUT2D eigenvalue weighted by Crippen LogP contribution is 2.23. The molecular weight excluding hydrogens is 338 g/mol. The largest absolute Gasteiger partial charge is 0.497 e. The highest BCUT2D eigenvalue weighted by molar-refractivity contribution is 5.98. The molecule has 2 aromatic carbocycles. The number of amides is 1. The molecule has 0 bridgehead atoms. The smallest absolute Gasteiger partial charge is 0.220 e. The molecule has 1 aliphatic rings. The first-order valence-electron chi connectivity index (χ1n) is 9.65. The molecule has 1 atom stereocenters. The van der Waals surface area contributed by atoms with Crippen LogP contribution in [0.3, 0.4) is 0 Å². The fourth-order valence-electron chi connectivity index (χ4n) is 3.57. The van der Waals surface area contributed by atoms with Crippen LogP contribution >= 0.6 is 0 Å². The monoisotopic (exact) mass is 365 g/mol. The summed E-state index contributed by atoms with van der Waals surface area (Å²) in [6, 6.07) is 13.5. The minimum atomic E-state index is -0.109. The predicted octanol–water partition coefficient (Wildman–Crippen LogP) is 4.41. The minimum absolute atomic E-state index is 0.0376. The SMILES string of the molecule is COc1ccc(C(C)NC(=O)CCC(=O)c2ccc3c(c2)CCCC3)cc1. The molecule has 0 fully saturated rings. The van der Waals surface area contributed by atoms with Crippen LogP contribution < -0.4 is 10.1 Å². The highest BCUT2D eigenvalue weighted by Gasteiger charge is 2.15. The lowest BCUT2D eigenvalue weighted by molar-refractivity contribution is -0.121. The van der Waals surface area contributed by atoms with E-state index in [9.17, 15) is 9.59 Å². The summed E-state index contributed by atoms with van der Waals surface area (Å²) in [6.45, 7) is 1.94. The standard InChI is InChI=1S/C23H27NO3/c1-16(17-9-11-21(27-2)12-10-17)24-23(26)14-13-22(25)20-8-7-18-5-3-4-6-19(18)15-20/h7-12,15-16H,3-6,13-14H2,1-2H3,(H,24,26). The van der Waals surface area contributed by atoms with Gasteiger partial charge in [-0.1, -0.05) is 24.3 Å². The minimum Gasteiger partial charge on any atom is -0.497 e. The van der Waals surface area contributed by atoms with Crippen molar-refractivity contribution in [2.75, 3.05) is 7.11 Å². The van der Waals surface area contributed by atoms with Gasteiger partial charge in [0.1, 0.15) is 5.75 Å². The first-order chi connectivity index (χ1) is 13.1. The van der Waals surface area contributed by atoms with Crippen molar-refractivity contribution in [2.45, 2.75) is 51.5 Å². The summed E-state index contributed by atoms with van der Waals surface area (Å²) in [6.07, 6.45) is 5.02. The second-order valence-electron chi connectivity index (χ2n) is 7.18. The van der Waals surface area contributed by atoms with Gasteiger partial charge in [0, 0.05) is 18.4 Å². The zero-order chi connectivity index (χ0) is 19.2. The second kappa shape index (κ2) is 8.85. The van der Waals surface area contributed by atoms with Crippen LogP contribution in [0.15, 0.2) is 42.5 Å². The van der Waals surface area contributed by atoms with E-state index in [1.165, 1.54) is 24.0 Å². The van der Waals surface area contributed by atoms with E-state index in [0.717, 1.165) is 29.7 Å². The van der Waals surface area contributed by atoms with Crippen molar-refractivity contribution in [1.29, 1.82) is 0 Å². The number of rotatable bonds is 7. The molecule has 1 aliphatic carbocycles. The molecule has 0 saturated carbocycles. The third kappa shape index (κ3) is 4.97. The number of nitrogens with one attached hydrogen (secondary N) is 1. The number of hydrogen-bond acceptors (Lipinski definition) is 3. The van der Waals surface area contributed by atoms with E-state index in [0.29, 0.717) is 0 Å². The van der Waals surface area contributed by atoms with Crippen molar-refractivity contribution < 1.29 is 14.3 Å². The maximum atomic E-state index is 12.5. The summed E-state index contributed by atoms with van der Waals surface area (Å²) >= 11 is 0. The van der Waals surface area contributed by atoms with Crippen molar-refractivity contribution in [3.63, 3.8) is 0 Å². The lowest BCUT2D eigenvalue weighted by Gasteiger charge is -2.16.